The summed E-state index contributed by atoms with van der Waals surface area (Å²) in [5.74, 6) is 1.17. The number of rotatable bonds is 3. The van der Waals surface area contributed by atoms with Gasteiger partial charge in [-0.15, -0.1) is 0 Å². The van der Waals surface area contributed by atoms with Crippen LogP contribution in [0.15, 0.2) is 28.9 Å². The van der Waals surface area contributed by atoms with E-state index in [-0.39, 0.29) is 16.0 Å². The SMILES string of the molecule is COc1ccc(C(=O)Nc2c(Cl)cncc2Cl)c2c3c(oc12)C[NH2+]CC3. The van der Waals surface area contributed by atoms with Crippen molar-refractivity contribution in [1.29, 1.82) is 0 Å². The lowest BCUT2D eigenvalue weighted by molar-refractivity contribution is -0.675. The number of carbonyl (C=O) groups is 1. The average Bonchev–Trinajstić information content (AvgIpc) is 3.03. The zero-order valence-electron chi connectivity index (χ0n) is 13.9. The normalized spacial score (nSPS) is 13.5. The number of carbonyl (C=O) groups excluding carboxylic acids is 1. The van der Waals surface area contributed by atoms with Crippen molar-refractivity contribution < 1.29 is 19.3 Å². The van der Waals surface area contributed by atoms with E-state index in [1.165, 1.54) is 12.4 Å². The van der Waals surface area contributed by atoms with E-state index in [0.29, 0.717) is 22.6 Å². The molecule has 6 nitrogen and oxygen atoms in total. The number of hydrogen-bond donors (Lipinski definition) is 2. The van der Waals surface area contributed by atoms with Crippen LogP contribution in [0.25, 0.3) is 11.0 Å². The molecule has 1 aliphatic heterocycles. The number of anilines is 1. The Hall–Kier alpha value is -2.28. The van der Waals surface area contributed by atoms with E-state index in [1.807, 2.05) is 0 Å². The van der Waals surface area contributed by atoms with E-state index in [0.717, 1.165) is 36.2 Å². The van der Waals surface area contributed by atoms with Gasteiger partial charge < -0.3 is 19.8 Å². The molecule has 8 heteroatoms. The number of furan rings is 1. The molecule has 0 saturated heterocycles. The summed E-state index contributed by atoms with van der Waals surface area (Å²) in [6, 6.07) is 3.46. The Kier molecular flexibility index (Phi) is 4.48. The third kappa shape index (κ3) is 2.80. The fourth-order valence-electron chi connectivity index (χ4n) is 3.26. The second kappa shape index (κ2) is 6.79. The number of fused-ring (bicyclic) bond motifs is 3. The topological polar surface area (TPSA) is 81.0 Å². The van der Waals surface area contributed by atoms with Crippen LogP contribution in [0, 0.1) is 0 Å². The number of nitrogens with zero attached hydrogens (tertiary/aromatic N) is 1. The molecule has 4 rings (SSSR count). The molecule has 0 fully saturated rings. The summed E-state index contributed by atoms with van der Waals surface area (Å²) < 4.78 is 11.4. The summed E-state index contributed by atoms with van der Waals surface area (Å²) in [5.41, 5.74) is 2.48. The lowest BCUT2D eigenvalue weighted by Gasteiger charge is -2.12. The largest absolute Gasteiger partial charge is 0.493 e. The number of quaternary nitrogens is 1. The maximum absolute atomic E-state index is 13.0. The number of halogens is 2. The van der Waals surface area contributed by atoms with Gasteiger partial charge in [0.15, 0.2) is 17.1 Å². The van der Waals surface area contributed by atoms with Crippen LogP contribution in [0.2, 0.25) is 10.0 Å². The van der Waals surface area contributed by atoms with E-state index < -0.39 is 0 Å². The summed E-state index contributed by atoms with van der Waals surface area (Å²) in [5, 5.41) is 6.30. The van der Waals surface area contributed by atoms with Crippen molar-refractivity contribution in [2.45, 2.75) is 13.0 Å². The summed E-state index contributed by atoms with van der Waals surface area (Å²) >= 11 is 12.2. The van der Waals surface area contributed by atoms with Gasteiger partial charge in [-0.05, 0) is 12.1 Å². The van der Waals surface area contributed by atoms with Crippen LogP contribution in [0.3, 0.4) is 0 Å². The standard InChI is InChI=1S/C18H15Cl2N3O3/c1-25-13-3-2-10(15-9-4-5-21-8-14(9)26-17(13)15)18(24)23-16-11(19)6-22-7-12(16)20/h2-3,6-7,21H,4-5,8H2,1H3,(H,22,23,24)/p+1. The number of methoxy groups -OCH3 is 1. The van der Waals surface area contributed by atoms with Gasteiger partial charge in [0.2, 0.25) is 0 Å². The first-order valence-electron chi connectivity index (χ1n) is 8.13. The highest BCUT2D eigenvalue weighted by atomic mass is 35.5. The summed E-state index contributed by atoms with van der Waals surface area (Å²) in [6.07, 6.45) is 3.69. The number of aromatic nitrogens is 1. The Morgan fingerprint density at radius 2 is 2.08 bits per heavy atom. The maximum Gasteiger partial charge on any atom is 0.256 e. The molecule has 26 heavy (non-hydrogen) atoms. The number of nitrogens with two attached hydrogens (primary N) is 1. The number of amides is 1. The van der Waals surface area contributed by atoms with Crippen LogP contribution in [-0.4, -0.2) is 24.5 Å². The Morgan fingerprint density at radius 3 is 2.81 bits per heavy atom. The quantitative estimate of drug-likeness (QED) is 0.717. The van der Waals surface area contributed by atoms with Crippen molar-refractivity contribution >= 4 is 45.8 Å². The van der Waals surface area contributed by atoms with E-state index in [2.05, 4.69) is 15.6 Å². The number of pyridine rings is 1. The molecule has 3 aromatic rings. The van der Waals surface area contributed by atoms with Crippen molar-refractivity contribution in [1.82, 2.24) is 4.98 Å². The van der Waals surface area contributed by atoms with Gasteiger partial charge in [0.05, 0.1) is 35.0 Å². The monoisotopic (exact) mass is 392 g/mol. The van der Waals surface area contributed by atoms with Gasteiger partial charge in [0, 0.05) is 29.8 Å². The minimum atomic E-state index is -0.314. The molecule has 134 valence electrons. The van der Waals surface area contributed by atoms with Gasteiger partial charge in [0.25, 0.3) is 5.91 Å². The zero-order chi connectivity index (χ0) is 18.3. The zero-order valence-corrected chi connectivity index (χ0v) is 15.4. The van der Waals surface area contributed by atoms with Crippen molar-refractivity contribution in [2.24, 2.45) is 0 Å². The highest BCUT2D eigenvalue weighted by Crippen LogP contribution is 2.37. The summed E-state index contributed by atoms with van der Waals surface area (Å²) in [7, 11) is 1.58. The number of hydrogen-bond acceptors (Lipinski definition) is 4. The summed E-state index contributed by atoms with van der Waals surface area (Å²) in [6.45, 7) is 1.69. The van der Waals surface area contributed by atoms with Gasteiger partial charge in [-0.3, -0.25) is 9.78 Å². The van der Waals surface area contributed by atoms with Crippen LogP contribution in [0.4, 0.5) is 5.69 Å². The third-order valence-corrected chi connectivity index (χ3v) is 5.04. The second-order valence-electron chi connectivity index (χ2n) is 5.99. The molecule has 0 atom stereocenters. The van der Waals surface area contributed by atoms with E-state index in [1.54, 1.807) is 19.2 Å². The highest BCUT2D eigenvalue weighted by molar-refractivity contribution is 6.39. The molecule has 0 saturated carbocycles. The molecule has 0 spiro atoms. The first kappa shape index (κ1) is 17.1. The predicted molar refractivity (Wildman–Crippen MR) is 99.2 cm³/mol. The Labute approximate surface area is 159 Å². The molecule has 1 aromatic carbocycles. The molecular formula is C18H16Cl2N3O3+. The molecule has 0 aliphatic carbocycles. The molecule has 0 bridgehead atoms. The minimum Gasteiger partial charge on any atom is -0.493 e. The Balaban J connectivity index is 1.83. The van der Waals surface area contributed by atoms with E-state index >= 15 is 0 Å². The van der Waals surface area contributed by atoms with Crippen molar-refractivity contribution in [3.05, 3.63) is 51.5 Å². The smallest absolute Gasteiger partial charge is 0.256 e. The first-order valence-corrected chi connectivity index (χ1v) is 8.89. The minimum absolute atomic E-state index is 0.277. The molecule has 3 N–H and O–H groups in total. The van der Waals surface area contributed by atoms with Gasteiger partial charge in [-0.1, -0.05) is 23.2 Å². The second-order valence-corrected chi connectivity index (χ2v) is 6.80. The molecule has 1 amide bonds. The van der Waals surface area contributed by atoms with Gasteiger partial charge in [0.1, 0.15) is 6.54 Å². The predicted octanol–water partition coefficient (Wildman–Crippen LogP) is 3.02. The third-order valence-electron chi connectivity index (χ3n) is 4.47. The molecule has 1 aliphatic rings. The highest BCUT2D eigenvalue weighted by Gasteiger charge is 2.26. The number of nitrogens with one attached hydrogen (secondary N) is 1. The van der Waals surface area contributed by atoms with Crippen molar-refractivity contribution in [2.75, 3.05) is 19.0 Å². The lowest BCUT2D eigenvalue weighted by atomic mass is 9.99. The Bertz CT molecular complexity index is 996. The van der Waals surface area contributed by atoms with Gasteiger partial charge in [-0.2, -0.15) is 0 Å². The van der Waals surface area contributed by atoms with Crippen molar-refractivity contribution in [3.8, 4) is 5.75 Å². The summed E-state index contributed by atoms with van der Waals surface area (Å²) in [4.78, 5) is 16.9. The van der Waals surface area contributed by atoms with E-state index in [9.17, 15) is 4.79 Å². The van der Waals surface area contributed by atoms with Crippen LogP contribution >= 0.6 is 23.2 Å². The lowest BCUT2D eigenvalue weighted by Crippen LogP contribution is -2.84. The molecule has 3 heterocycles. The maximum atomic E-state index is 13.0. The fourth-order valence-corrected chi connectivity index (χ4v) is 3.72. The van der Waals surface area contributed by atoms with Crippen LogP contribution < -0.4 is 15.4 Å². The number of benzene rings is 1. The van der Waals surface area contributed by atoms with Gasteiger partial charge >= 0.3 is 0 Å². The van der Waals surface area contributed by atoms with E-state index in [4.69, 9.17) is 32.4 Å². The average molecular weight is 393 g/mol. The van der Waals surface area contributed by atoms with Crippen LogP contribution in [-0.2, 0) is 13.0 Å². The number of ether oxygens (including phenoxy) is 1. The molecule has 0 radical (unpaired) electrons. The van der Waals surface area contributed by atoms with Crippen molar-refractivity contribution in [3.63, 3.8) is 0 Å². The molecule has 0 unspecified atom stereocenters. The van der Waals surface area contributed by atoms with Crippen LogP contribution in [0.5, 0.6) is 5.75 Å². The first-order chi connectivity index (χ1) is 12.6. The Morgan fingerprint density at radius 1 is 1.31 bits per heavy atom. The van der Waals surface area contributed by atoms with Crippen LogP contribution in [0.1, 0.15) is 21.7 Å². The van der Waals surface area contributed by atoms with Gasteiger partial charge in [-0.25, -0.2) is 0 Å². The fraction of sp³-hybridized carbons (Fsp3) is 0.222. The molecular weight excluding hydrogens is 377 g/mol. The molecule has 2 aromatic heterocycles.